The van der Waals surface area contributed by atoms with Crippen LogP contribution in [0.5, 0.6) is 0 Å². The topological polar surface area (TPSA) is 50.7 Å². The molecule has 86 valence electrons. The van der Waals surface area contributed by atoms with Crippen LogP contribution in [-0.4, -0.2) is 19.1 Å². The first-order valence-electron chi connectivity index (χ1n) is 5.51. The molecule has 17 heavy (non-hydrogen) atoms. The molecule has 2 heterocycles. The number of nitrogens with zero attached hydrogens (tertiary/aromatic N) is 1. The first-order chi connectivity index (χ1) is 8.29. The first kappa shape index (κ1) is 10.1. The minimum atomic E-state index is -0.305. The summed E-state index contributed by atoms with van der Waals surface area (Å²) in [6, 6.07) is 7.66. The SMILES string of the molecule is COC(=O)C1CC2=c3ccccc3=NC2=CN1. The molecule has 0 saturated carbocycles. The van der Waals surface area contributed by atoms with E-state index in [1.165, 1.54) is 7.11 Å². The van der Waals surface area contributed by atoms with Crippen molar-refractivity contribution in [3.8, 4) is 0 Å². The van der Waals surface area contributed by atoms with E-state index in [-0.39, 0.29) is 12.0 Å². The van der Waals surface area contributed by atoms with E-state index >= 15 is 0 Å². The average molecular weight is 228 g/mol. The number of rotatable bonds is 1. The standard InChI is InChI=1S/C13H12N2O2/c1-17-13(16)11-6-9-8-4-2-3-5-10(8)15-12(9)7-14-11/h2-5,7,11,14H,6H2,1H3. The second-order valence-corrected chi connectivity index (χ2v) is 4.08. The molecule has 1 atom stereocenters. The molecule has 0 saturated heterocycles. The van der Waals surface area contributed by atoms with Gasteiger partial charge in [-0.1, -0.05) is 18.2 Å². The van der Waals surface area contributed by atoms with Gasteiger partial charge in [-0.2, -0.15) is 0 Å². The fourth-order valence-electron chi connectivity index (χ4n) is 2.23. The summed E-state index contributed by atoms with van der Waals surface area (Å²) in [5, 5.41) is 5.12. The van der Waals surface area contributed by atoms with Crippen LogP contribution in [0.4, 0.5) is 0 Å². The minimum Gasteiger partial charge on any atom is -0.467 e. The van der Waals surface area contributed by atoms with Gasteiger partial charge in [0.05, 0.1) is 18.2 Å². The average Bonchev–Trinajstić information content (AvgIpc) is 2.75. The maximum absolute atomic E-state index is 11.5. The zero-order valence-corrected chi connectivity index (χ0v) is 9.43. The second-order valence-electron chi connectivity index (χ2n) is 4.08. The zero-order valence-electron chi connectivity index (χ0n) is 9.43. The third-order valence-corrected chi connectivity index (χ3v) is 3.09. The molecule has 1 unspecified atom stereocenters. The number of benzene rings is 1. The van der Waals surface area contributed by atoms with Gasteiger partial charge in [0.15, 0.2) is 0 Å². The van der Waals surface area contributed by atoms with Crippen LogP contribution >= 0.6 is 0 Å². The lowest BCUT2D eigenvalue weighted by Gasteiger charge is -2.20. The molecular weight excluding hydrogens is 216 g/mol. The van der Waals surface area contributed by atoms with E-state index < -0.39 is 0 Å². The zero-order chi connectivity index (χ0) is 11.8. The van der Waals surface area contributed by atoms with Crippen molar-refractivity contribution in [3.63, 3.8) is 0 Å². The van der Waals surface area contributed by atoms with E-state index in [0.29, 0.717) is 6.42 Å². The molecule has 0 spiro atoms. The minimum absolute atomic E-state index is 0.239. The number of esters is 1. The second kappa shape index (κ2) is 3.73. The first-order valence-corrected chi connectivity index (χ1v) is 5.51. The van der Waals surface area contributed by atoms with Gasteiger partial charge < -0.3 is 10.1 Å². The number of allylic oxidation sites excluding steroid dienone is 1. The molecule has 1 N–H and O–H groups in total. The number of carbonyl (C=O) groups is 1. The Kier molecular flexibility index (Phi) is 2.21. The van der Waals surface area contributed by atoms with Crippen molar-refractivity contribution in [2.45, 2.75) is 12.5 Å². The summed E-state index contributed by atoms with van der Waals surface area (Å²) in [6.45, 7) is 0. The van der Waals surface area contributed by atoms with Gasteiger partial charge in [-0.05, 0) is 11.6 Å². The van der Waals surface area contributed by atoms with Crippen molar-refractivity contribution >= 4 is 11.5 Å². The number of nitrogens with one attached hydrogen (secondary N) is 1. The number of fused-ring (bicyclic) bond motifs is 2. The van der Waals surface area contributed by atoms with Gasteiger partial charge in [0.25, 0.3) is 0 Å². The van der Waals surface area contributed by atoms with Crippen LogP contribution in [0.25, 0.3) is 5.57 Å². The molecule has 4 nitrogen and oxygen atoms in total. The van der Waals surface area contributed by atoms with Gasteiger partial charge in [0.1, 0.15) is 6.04 Å². The number of para-hydroxylation sites is 1. The highest BCUT2D eigenvalue weighted by Gasteiger charge is 2.27. The summed E-state index contributed by atoms with van der Waals surface area (Å²) < 4.78 is 4.75. The highest BCUT2D eigenvalue weighted by atomic mass is 16.5. The highest BCUT2D eigenvalue weighted by molar-refractivity contribution is 5.81. The summed E-state index contributed by atoms with van der Waals surface area (Å²) in [5.74, 6) is -0.239. The quantitative estimate of drug-likeness (QED) is 0.680. The molecule has 2 aliphatic heterocycles. The van der Waals surface area contributed by atoms with Crippen molar-refractivity contribution in [1.29, 1.82) is 0 Å². The molecule has 1 aromatic rings. The summed E-state index contributed by atoms with van der Waals surface area (Å²) >= 11 is 0. The normalized spacial score (nSPS) is 20.6. The van der Waals surface area contributed by atoms with Gasteiger partial charge in [0.2, 0.25) is 0 Å². The van der Waals surface area contributed by atoms with Gasteiger partial charge in [-0.15, -0.1) is 0 Å². The maximum Gasteiger partial charge on any atom is 0.328 e. The molecule has 0 bridgehead atoms. The Bertz CT molecular complexity index is 631. The molecule has 2 aliphatic rings. The predicted molar refractivity (Wildman–Crippen MR) is 62.3 cm³/mol. The van der Waals surface area contributed by atoms with Crippen LogP contribution in [0.1, 0.15) is 6.42 Å². The van der Waals surface area contributed by atoms with Crippen LogP contribution in [0.3, 0.4) is 0 Å². The highest BCUT2D eigenvalue weighted by Crippen LogP contribution is 2.23. The number of hydrogen-bond donors (Lipinski definition) is 1. The molecule has 1 aromatic carbocycles. The van der Waals surface area contributed by atoms with Gasteiger partial charge in [-0.3, -0.25) is 0 Å². The number of carbonyl (C=O) groups excluding carboxylic acids is 1. The van der Waals surface area contributed by atoms with Gasteiger partial charge in [-0.25, -0.2) is 9.79 Å². The van der Waals surface area contributed by atoms with Gasteiger partial charge >= 0.3 is 5.97 Å². The Hall–Kier alpha value is -2.10. The summed E-state index contributed by atoms with van der Waals surface area (Å²) in [5.41, 5.74) is 2.04. The third-order valence-electron chi connectivity index (χ3n) is 3.09. The Morgan fingerprint density at radius 2 is 2.29 bits per heavy atom. The van der Waals surface area contributed by atoms with E-state index in [2.05, 4.69) is 10.3 Å². The lowest BCUT2D eigenvalue weighted by atomic mass is 9.99. The Labute approximate surface area is 98.3 Å². The summed E-state index contributed by atoms with van der Waals surface area (Å²) in [4.78, 5) is 16.0. The maximum atomic E-state index is 11.5. The monoisotopic (exact) mass is 228 g/mol. The molecule has 0 aromatic heterocycles. The molecule has 0 fully saturated rings. The van der Waals surface area contributed by atoms with Crippen LogP contribution < -0.4 is 15.9 Å². The fraction of sp³-hybridized carbons (Fsp3) is 0.231. The van der Waals surface area contributed by atoms with Crippen molar-refractivity contribution in [2.24, 2.45) is 4.99 Å². The molecule has 0 aliphatic carbocycles. The van der Waals surface area contributed by atoms with Crippen LogP contribution in [-0.2, 0) is 9.53 Å². The molecule has 4 heteroatoms. The molecule has 3 rings (SSSR count). The Balaban J connectivity index is 2.09. The van der Waals surface area contributed by atoms with E-state index in [0.717, 1.165) is 21.8 Å². The number of ether oxygens (including phenoxy) is 1. The summed E-state index contributed by atoms with van der Waals surface area (Å²) in [7, 11) is 1.40. The Morgan fingerprint density at radius 3 is 3.12 bits per heavy atom. The third kappa shape index (κ3) is 1.53. The smallest absolute Gasteiger partial charge is 0.328 e. The van der Waals surface area contributed by atoms with E-state index in [1.807, 2.05) is 24.3 Å². The Morgan fingerprint density at radius 1 is 1.47 bits per heavy atom. The fourth-order valence-corrected chi connectivity index (χ4v) is 2.23. The number of hydrogen-bond acceptors (Lipinski definition) is 4. The molecule has 0 amide bonds. The predicted octanol–water partition coefficient (Wildman–Crippen LogP) is -0.153. The lowest BCUT2D eigenvalue weighted by molar-refractivity contribution is -0.142. The van der Waals surface area contributed by atoms with Crippen LogP contribution in [0.2, 0.25) is 0 Å². The molecular formula is C13H12N2O2. The van der Waals surface area contributed by atoms with Crippen molar-refractivity contribution in [1.82, 2.24) is 5.32 Å². The van der Waals surface area contributed by atoms with Gasteiger partial charge in [0, 0.05) is 17.8 Å². The largest absolute Gasteiger partial charge is 0.467 e. The lowest BCUT2D eigenvalue weighted by Crippen LogP contribution is -2.38. The molecule has 0 radical (unpaired) electrons. The van der Waals surface area contributed by atoms with Crippen LogP contribution in [0.15, 0.2) is 41.2 Å². The van der Waals surface area contributed by atoms with Crippen molar-refractivity contribution in [2.75, 3.05) is 7.11 Å². The summed E-state index contributed by atoms with van der Waals surface area (Å²) in [6.07, 6.45) is 2.42. The van der Waals surface area contributed by atoms with Crippen molar-refractivity contribution in [3.05, 3.63) is 46.7 Å². The van der Waals surface area contributed by atoms with E-state index in [4.69, 9.17) is 4.74 Å². The van der Waals surface area contributed by atoms with E-state index in [1.54, 1.807) is 6.20 Å². The number of methoxy groups -OCH3 is 1. The van der Waals surface area contributed by atoms with Crippen molar-refractivity contribution < 1.29 is 9.53 Å². The van der Waals surface area contributed by atoms with Crippen LogP contribution in [0, 0.1) is 0 Å². The van der Waals surface area contributed by atoms with E-state index in [9.17, 15) is 4.79 Å².